The van der Waals surface area contributed by atoms with Crippen molar-refractivity contribution in [3.8, 4) is 11.5 Å². The highest BCUT2D eigenvalue weighted by Gasteiger charge is 2.27. The van der Waals surface area contributed by atoms with E-state index in [1.165, 1.54) is 32.3 Å². The first-order chi connectivity index (χ1) is 22.1. The second kappa shape index (κ2) is 15.4. The van der Waals surface area contributed by atoms with Gasteiger partial charge in [0.1, 0.15) is 11.5 Å². The van der Waals surface area contributed by atoms with E-state index in [9.17, 15) is 0 Å². The van der Waals surface area contributed by atoms with Crippen LogP contribution in [0.2, 0.25) is 0 Å². The third kappa shape index (κ3) is 8.88. The smallest absolute Gasteiger partial charge is 0.123 e. The minimum Gasteiger partial charge on any atom is -0.493 e. The minimum atomic E-state index is -0.522. The molecule has 0 bridgehead atoms. The maximum Gasteiger partial charge on any atom is 0.123 e. The standard InChI is InChI=1S/C42H48O2P2/c1-41(2,3)37-31-40(44-28-30-46(35-23-15-9-16-24-35)36-25-17-10-18-26-36)38(42(4,5)6)32-39(37)43-27-29-45(33-19-11-7-12-20-33)34-21-13-8-14-22-34/h7-26,31-32H,27-30H2,1-6H3. The van der Waals surface area contributed by atoms with E-state index in [-0.39, 0.29) is 10.8 Å². The Morgan fingerprint density at radius 1 is 0.413 bits per heavy atom. The Labute approximate surface area is 279 Å². The molecule has 0 atom stereocenters. The first-order valence-electron chi connectivity index (χ1n) is 16.3. The van der Waals surface area contributed by atoms with Gasteiger partial charge >= 0.3 is 0 Å². The van der Waals surface area contributed by atoms with E-state index in [1.54, 1.807) is 0 Å². The van der Waals surface area contributed by atoms with Crippen molar-refractivity contribution in [2.24, 2.45) is 0 Å². The van der Waals surface area contributed by atoms with Crippen molar-refractivity contribution in [2.45, 2.75) is 52.4 Å². The molecule has 0 unspecified atom stereocenters. The van der Waals surface area contributed by atoms with E-state index in [2.05, 4.69) is 175 Å². The van der Waals surface area contributed by atoms with E-state index >= 15 is 0 Å². The number of hydrogen-bond donors (Lipinski definition) is 0. The number of ether oxygens (including phenoxy) is 2. The maximum absolute atomic E-state index is 6.75. The van der Waals surface area contributed by atoms with Gasteiger partial charge in [-0.3, -0.25) is 0 Å². The van der Waals surface area contributed by atoms with Gasteiger partial charge in [0, 0.05) is 23.5 Å². The average Bonchev–Trinajstić information content (AvgIpc) is 3.06. The summed E-state index contributed by atoms with van der Waals surface area (Å²) < 4.78 is 13.5. The fraction of sp³-hybridized carbons (Fsp3) is 0.286. The highest BCUT2D eigenvalue weighted by molar-refractivity contribution is 7.73. The lowest BCUT2D eigenvalue weighted by Gasteiger charge is -2.30. The van der Waals surface area contributed by atoms with Gasteiger partial charge in [0.2, 0.25) is 0 Å². The minimum absolute atomic E-state index is 0.103. The van der Waals surface area contributed by atoms with Crippen LogP contribution in [0.25, 0.3) is 0 Å². The van der Waals surface area contributed by atoms with Crippen LogP contribution in [0.5, 0.6) is 11.5 Å². The molecule has 4 heteroatoms. The fourth-order valence-corrected chi connectivity index (χ4v) is 10.0. The highest BCUT2D eigenvalue weighted by Crippen LogP contribution is 2.42. The SMILES string of the molecule is CC(C)(C)c1cc(OCCP(c2ccccc2)c2ccccc2)c(C(C)(C)C)cc1OCCP(c1ccccc1)c1ccccc1. The van der Waals surface area contributed by atoms with Crippen molar-refractivity contribution in [1.82, 2.24) is 0 Å². The molecule has 5 rings (SSSR count). The van der Waals surface area contributed by atoms with Crippen LogP contribution in [0.1, 0.15) is 52.7 Å². The first kappa shape index (κ1) is 33.9. The zero-order valence-electron chi connectivity index (χ0n) is 28.2. The molecule has 0 aliphatic rings. The second-order valence-corrected chi connectivity index (χ2v) is 18.4. The monoisotopic (exact) mass is 646 g/mol. The number of hydrogen-bond acceptors (Lipinski definition) is 2. The van der Waals surface area contributed by atoms with Gasteiger partial charge in [0.05, 0.1) is 13.2 Å². The molecule has 0 amide bonds. The first-order valence-corrected chi connectivity index (χ1v) is 19.4. The van der Waals surface area contributed by atoms with Gasteiger partial charge in [0.15, 0.2) is 0 Å². The van der Waals surface area contributed by atoms with E-state index in [1.807, 2.05) is 0 Å². The van der Waals surface area contributed by atoms with Crippen LogP contribution >= 0.6 is 15.8 Å². The van der Waals surface area contributed by atoms with Crippen molar-refractivity contribution in [1.29, 1.82) is 0 Å². The van der Waals surface area contributed by atoms with E-state index in [0.29, 0.717) is 13.2 Å². The van der Waals surface area contributed by atoms with E-state index < -0.39 is 15.8 Å². The summed E-state index contributed by atoms with van der Waals surface area (Å²) in [6.07, 6.45) is 1.91. The number of benzene rings is 5. The summed E-state index contributed by atoms with van der Waals surface area (Å²) in [7, 11) is -1.04. The summed E-state index contributed by atoms with van der Waals surface area (Å²) >= 11 is 0. The number of rotatable bonds is 12. The summed E-state index contributed by atoms with van der Waals surface area (Å²) in [4.78, 5) is 0. The molecule has 46 heavy (non-hydrogen) atoms. The van der Waals surface area contributed by atoms with Crippen LogP contribution in [-0.2, 0) is 10.8 Å². The molecule has 0 saturated carbocycles. The predicted octanol–water partition coefficient (Wildman–Crippen LogP) is 9.31. The lowest BCUT2D eigenvalue weighted by atomic mass is 9.81. The van der Waals surface area contributed by atoms with Gasteiger partial charge in [-0.05, 0) is 60.0 Å². The van der Waals surface area contributed by atoms with Crippen LogP contribution in [0.15, 0.2) is 133 Å². The Hall–Kier alpha value is -3.44. The topological polar surface area (TPSA) is 18.5 Å². The molecule has 0 heterocycles. The third-order valence-corrected chi connectivity index (χ3v) is 13.1. The molecule has 0 N–H and O–H groups in total. The predicted molar refractivity (Wildman–Crippen MR) is 203 cm³/mol. The van der Waals surface area contributed by atoms with Crippen LogP contribution in [0.3, 0.4) is 0 Å². The van der Waals surface area contributed by atoms with Crippen LogP contribution in [0.4, 0.5) is 0 Å². The van der Waals surface area contributed by atoms with Gasteiger partial charge in [-0.25, -0.2) is 0 Å². The Bertz CT molecular complexity index is 1440. The molecule has 5 aromatic rings. The molecule has 0 aliphatic heterocycles. The zero-order chi connectivity index (χ0) is 32.6. The van der Waals surface area contributed by atoms with Crippen molar-refractivity contribution in [3.63, 3.8) is 0 Å². The van der Waals surface area contributed by atoms with Crippen molar-refractivity contribution in [2.75, 3.05) is 25.5 Å². The Balaban J connectivity index is 1.39. The average molecular weight is 647 g/mol. The molecule has 5 aromatic carbocycles. The Morgan fingerprint density at radius 2 is 0.674 bits per heavy atom. The largest absolute Gasteiger partial charge is 0.493 e. The van der Waals surface area contributed by atoms with Crippen molar-refractivity contribution in [3.05, 3.63) is 145 Å². The third-order valence-electron chi connectivity index (χ3n) is 8.11. The molecule has 0 radical (unpaired) electrons. The summed E-state index contributed by atoms with van der Waals surface area (Å²) in [5, 5.41) is 5.53. The van der Waals surface area contributed by atoms with Gasteiger partial charge in [-0.2, -0.15) is 0 Å². The molecular formula is C42H48O2P2. The Kier molecular flexibility index (Phi) is 11.4. The van der Waals surface area contributed by atoms with E-state index in [0.717, 1.165) is 23.8 Å². The summed E-state index contributed by atoms with van der Waals surface area (Å²) in [6.45, 7) is 14.9. The van der Waals surface area contributed by atoms with Gasteiger partial charge in [-0.1, -0.05) is 163 Å². The molecule has 0 spiro atoms. The normalized spacial score (nSPS) is 12.0. The van der Waals surface area contributed by atoms with Crippen LogP contribution in [0, 0.1) is 0 Å². The van der Waals surface area contributed by atoms with E-state index in [4.69, 9.17) is 9.47 Å². The lowest BCUT2D eigenvalue weighted by molar-refractivity contribution is 0.316. The Morgan fingerprint density at radius 3 is 0.913 bits per heavy atom. The zero-order valence-corrected chi connectivity index (χ0v) is 30.0. The fourth-order valence-electron chi connectivity index (χ4n) is 5.71. The molecular weight excluding hydrogens is 598 g/mol. The van der Waals surface area contributed by atoms with Crippen LogP contribution < -0.4 is 30.7 Å². The van der Waals surface area contributed by atoms with Gasteiger partial charge < -0.3 is 9.47 Å². The molecule has 0 aliphatic carbocycles. The summed E-state index contributed by atoms with van der Waals surface area (Å²) in [5.74, 6) is 1.94. The second-order valence-electron chi connectivity index (χ2n) is 13.7. The molecule has 0 aromatic heterocycles. The molecule has 0 saturated heterocycles. The van der Waals surface area contributed by atoms with Gasteiger partial charge in [-0.15, -0.1) is 0 Å². The molecule has 238 valence electrons. The van der Waals surface area contributed by atoms with Crippen molar-refractivity contribution < 1.29 is 9.47 Å². The maximum atomic E-state index is 6.75. The van der Waals surface area contributed by atoms with Gasteiger partial charge in [0.25, 0.3) is 0 Å². The lowest BCUT2D eigenvalue weighted by Crippen LogP contribution is -2.21. The molecule has 2 nitrogen and oxygen atoms in total. The summed E-state index contributed by atoms with van der Waals surface area (Å²) in [6, 6.07) is 48.1. The molecule has 0 fully saturated rings. The van der Waals surface area contributed by atoms with Crippen LogP contribution in [-0.4, -0.2) is 25.5 Å². The highest BCUT2D eigenvalue weighted by atomic mass is 31.1. The summed E-state index contributed by atoms with van der Waals surface area (Å²) in [5.41, 5.74) is 2.17. The quantitative estimate of drug-likeness (QED) is 0.126. The van der Waals surface area contributed by atoms with Crippen molar-refractivity contribution >= 4 is 37.1 Å².